The topological polar surface area (TPSA) is 76.8 Å². The first kappa shape index (κ1) is 24.5. The van der Waals surface area contributed by atoms with E-state index in [1.165, 1.54) is 23.6 Å². The molecule has 1 aliphatic heterocycles. The number of carbonyl (C=O) groups is 2. The van der Waals surface area contributed by atoms with Gasteiger partial charge in [-0.2, -0.15) is 5.10 Å². The van der Waals surface area contributed by atoms with Crippen LogP contribution in [0.5, 0.6) is 0 Å². The van der Waals surface area contributed by atoms with Gasteiger partial charge in [0, 0.05) is 28.5 Å². The highest BCUT2D eigenvalue weighted by Crippen LogP contribution is 2.49. The van der Waals surface area contributed by atoms with Crippen LogP contribution in [0.2, 0.25) is 0 Å². The number of esters is 1. The van der Waals surface area contributed by atoms with Gasteiger partial charge in [-0.1, -0.05) is 13.0 Å². The van der Waals surface area contributed by atoms with Crippen molar-refractivity contribution in [3.63, 3.8) is 0 Å². The first-order valence-electron chi connectivity index (χ1n) is 13.4. The maximum absolute atomic E-state index is 15.4. The van der Waals surface area contributed by atoms with Crippen molar-refractivity contribution in [2.75, 3.05) is 13.7 Å². The van der Waals surface area contributed by atoms with Crippen LogP contribution in [-0.2, 0) is 21.4 Å². The van der Waals surface area contributed by atoms with Crippen LogP contribution in [0.4, 0.5) is 4.39 Å². The summed E-state index contributed by atoms with van der Waals surface area (Å²) >= 11 is 1.75. The summed E-state index contributed by atoms with van der Waals surface area (Å²) in [6, 6.07) is 10.8. The molecule has 3 aromatic heterocycles. The van der Waals surface area contributed by atoms with Crippen LogP contribution in [0.25, 0.3) is 16.9 Å². The third-order valence-electron chi connectivity index (χ3n) is 8.79. The Hall–Kier alpha value is -3.59. The van der Waals surface area contributed by atoms with Gasteiger partial charge in [-0.25, -0.2) is 13.9 Å². The number of aromatic nitrogens is 3. The molecule has 0 spiro atoms. The summed E-state index contributed by atoms with van der Waals surface area (Å²) < 4.78 is 22.0. The molecule has 3 aliphatic rings. The van der Waals surface area contributed by atoms with Gasteiger partial charge in [-0.3, -0.25) is 9.59 Å². The summed E-state index contributed by atoms with van der Waals surface area (Å²) in [4.78, 5) is 33.6. The van der Waals surface area contributed by atoms with E-state index in [1.54, 1.807) is 28.0 Å². The minimum atomic E-state index is -0.393. The van der Waals surface area contributed by atoms with Crippen molar-refractivity contribution in [3.05, 3.63) is 75.0 Å². The van der Waals surface area contributed by atoms with Crippen molar-refractivity contribution in [2.24, 2.45) is 5.92 Å². The zero-order chi connectivity index (χ0) is 27.1. The Morgan fingerprint density at radius 2 is 2.00 bits per heavy atom. The Kier molecular flexibility index (Phi) is 5.46. The van der Waals surface area contributed by atoms with E-state index in [0.717, 1.165) is 30.5 Å². The van der Waals surface area contributed by atoms with Gasteiger partial charge < -0.3 is 9.64 Å². The Balaban J connectivity index is 1.24. The Morgan fingerprint density at radius 3 is 2.74 bits per heavy atom. The molecule has 3 atom stereocenters. The first-order chi connectivity index (χ1) is 18.8. The van der Waals surface area contributed by atoms with E-state index in [2.05, 4.69) is 25.3 Å². The van der Waals surface area contributed by atoms with E-state index in [4.69, 9.17) is 14.8 Å². The minimum absolute atomic E-state index is 0.0104. The second-order valence-electron chi connectivity index (χ2n) is 11.3. The van der Waals surface area contributed by atoms with Gasteiger partial charge in [0.2, 0.25) is 0 Å². The normalized spacial score (nSPS) is 23.0. The maximum Gasteiger partial charge on any atom is 0.309 e. The molecule has 9 heteroatoms. The van der Waals surface area contributed by atoms with Crippen molar-refractivity contribution in [1.29, 1.82) is 0 Å². The molecule has 2 saturated carbocycles. The van der Waals surface area contributed by atoms with Gasteiger partial charge in [0.25, 0.3) is 5.91 Å². The summed E-state index contributed by atoms with van der Waals surface area (Å²) in [7, 11) is 1.38. The predicted octanol–water partition coefficient (Wildman–Crippen LogP) is 5.68. The zero-order valence-electron chi connectivity index (χ0n) is 22.1. The average molecular weight is 545 g/mol. The molecule has 0 bridgehead atoms. The fourth-order valence-electron chi connectivity index (χ4n) is 5.97. The molecule has 2 aliphatic carbocycles. The summed E-state index contributed by atoms with van der Waals surface area (Å²) in [5.74, 6) is -0.949. The van der Waals surface area contributed by atoms with Crippen LogP contribution >= 0.6 is 11.3 Å². The fraction of sp³-hybridized carbons (Fsp3) is 0.400. The number of hydrogen-bond acceptors (Lipinski definition) is 6. The molecular formula is C30H29FN4O3S. The van der Waals surface area contributed by atoms with E-state index in [1.807, 2.05) is 17.0 Å². The molecule has 0 N–H and O–H groups in total. The number of rotatable bonds is 5. The molecule has 0 radical (unpaired) electrons. The van der Waals surface area contributed by atoms with Crippen molar-refractivity contribution < 1.29 is 18.7 Å². The van der Waals surface area contributed by atoms with Gasteiger partial charge in [-0.05, 0) is 79.3 Å². The highest BCUT2D eigenvalue weighted by atomic mass is 32.1. The van der Waals surface area contributed by atoms with Crippen LogP contribution in [0.1, 0.15) is 77.3 Å². The van der Waals surface area contributed by atoms with Gasteiger partial charge >= 0.3 is 5.97 Å². The zero-order valence-corrected chi connectivity index (χ0v) is 22.9. The second kappa shape index (κ2) is 8.71. The van der Waals surface area contributed by atoms with Crippen LogP contribution in [-0.4, -0.2) is 45.0 Å². The lowest BCUT2D eigenvalue weighted by Crippen LogP contribution is -2.38. The smallest absolute Gasteiger partial charge is 0.309 e. The number of thiophene rings is 1. The predicted molar refractivity (Wildman–Crippen MR) is 145 cm³/mol. The number of carbonyl (C=O) groups excluding carboxylic acids is 2. The highest BCUT2D eigenvalue weighted by molar-refractivity contribution is 7.10. The fourth-order valence-corrected chi connectivity index (χ4v) is 6.93. The quantitative estimate of drug-likeness (QED) is 0.302. The molecule has 7 nitrogen and oxygen atoms in total. The summed E-state index contributed by atoms with van der Waals surface area (Å²) in [6.45, 7) is 4.90. The van der Waals surface area contributed by atoms with E-state index < -0.39 is 5.82 Å². The number of ether oxygens (including phenoxy) is 1. The number of fused-ring (bicyclic) bond motifs is 2. The number of hydrogen-bond donors (Lipinski definition) is 0. The summed E-state index contributed by atoms with van der Waals surface area (Å²) in [5.41, 5.74) is 4.62. The molecule has 1 aromatic carbocycles. The van der Waals surface area contributed by atoms with Crippen molar-refractivity contribution in [1.82, 2.24) is 19.5 Å². The van der Waals surface area contributed by atoms with Crippen molar-refractivity contribution >= 4 is 28.9 Å². The van der Waals surface area contributed by atoms with Gasteiger partial charge in [0.15, 0.2) is 5.65 Å². The van der Waals surface area contributed by atoms with Crippen LogP contribution in [0.3, 0.4) is 0 Å². The SMILES string of the molecule is COC(=O)[C@@H]1C[C@H]1c1ccc(-c2cc3nc(C(=O)N4CCc5sccc5[C@H]4C)cc(C4(C)CC4)n3n2)c(F)c1. The summed E-state index contributed by atoms with van der Waals surface area (Å²) in [6.07, 6.45) is 3.52. The molecule has 39 heavy (non-hydrogen) atoms. The van der Waals surface area contributed by atoms with Gasteiger partial charge in [0.05, 0.1) is 30.5 Å². The van der Waals surface area contributed by atoms with Crippen molar-refractivity contribution in [2.45, 2.75) is 56.9 Å². The second-order valence-corrected chi connectivity index (χ2v) is 12.3. The van der Waals surface area contributed by atoms with E-state index in [9.17, 15) is 9.59 Å². The van der Waals surface area contributed by atoms with Crippen molar-refractivity contribution in [3.8, 4) is 11.3 Å². The molecule has 4 heterocycles. The molecule has 0 saturated heterocycles. The molecule has 0 unspecified atom stereocenters. The highest BCUT2D eigenvalue weighted by Gasteiger charge is 2.45. The average Bonchev–Trinajstić information content (AvgIpc) is 3.78. The van der Waals surface area contributed by atoms with E-state index in [-0.39, 0.29) is 35.2 Å². The van der Waals surface area contributed by atoms with Gasteiger partial charge in [0.1, 0.15) is 11.5 Å². The molecule has 200 valence electrons. The van der Waals surface area contributed by atoms with Crippen LogP contribution in [0, 0.1) is 11.7 Å². The Bertz CT molecular complexity index is 1660. The minimum Gasteiger partial charge on any atom is -0.469 e. The first-order valence-corrected chi connectivity index (χ1v) is 14.3. The largest absolute Gasteiger partial charge is 0.469 e. The lowest BCUT2D eigenvalue weighted by molar-refractivity contribution is -0.142. The van der Waals surface area contributed by atoms with E-state index >= 15 is 4.39 Å². The molecular weight excluding hydrogens is 515 g/mol. The standard InChI is InChI=1S/C30H29FN4O3S/c1-16-18-7-11-39-25(18)6-10-34(16)28(36)24-14-26(30(2)8-9-30)35-27(32-24)15-23(33-35)19-5-4-17(12-22(19)31)20-13-21(20)29(37)38-3/h4-5,7,11-12,14-16,20-21H,6,8-10,13H2,1-3H3/t16-,20+,21-/m1/s1. The third-order valence-corrected chi connectivity index (χ3v) is 9.79. The summed E-state index contributed by atoms with van der Waals surface area (Å²) in [5, 5.41) is 6.85. The number of methoxy groups -OCH3 is 1. The molecule has 4 aromatic rings. The van der Waals surface area contributed by atoms with E-state index in [0.29, 0.717) is 35.6 Å². The number of benzene rings is 1. The molecule has 7 rings (SSSR count). The maximum atomic E-state index is 15.4. The lowest BCUT2D eigenvalue weighted by atomic mass is 10.00. The third kappa shape index (κ3) is 3.97. The number of nitrogens with zero attached hydrogens (tertiary/aromatic N) is 4. The lowest BCUT2D eigenvalue weighted by Gasteiger charge is -2.33. The number of amides is 1. The van der Waals surface area contributed by atoms with Gasteiger partial charge in [-0.15, -0.1) is 11.3 Å². The molecule has 2 fully saturated rings. The molecule has 1 amide bonds. The Morgan fingerprint density at radius 1 is 1.18 bits per heavy atom. The van der Waals surface area contributed by atoms with Crippen LogP contribution < -0.4 is 0 Å². The van der Waals surface area contributed by atoms with Crippen LogP contribution in [0.15, 0.2) is 41.8 Å². The Labute approximate surface area is 229 Å². The monoisotopic (exact) mass is 544 g/mol. The number of halogens is 1.